The van der Waals surface area contributed by atoms with E-state index >= 15 is 0 Å². The highest BCUT2D eigenvalue weighted by molar-refractivity contribution is 6.32. The van der Waals surface area contributed by atoms with E-state index in [-0.39, 0.29) is 0 Å². The van der Waals surface area contributed by atoms with Gasteiger partial charge in [-0.25, -0.2) is 0 Å². The van der Waals surface area contributed by atoms with Gasteiger partial charge in [0.05, 0.1) is 12.1 Å². The molecule has 1 atom stereocenters. The van der Waals surface area contributed by atoms with Crippen molar-refractivity contribution in [3.63, 3.8) is 0 Å². The lowest BCUT2D eigenvalue weighted by atomic mass is 10.2. The molecular weight excluding hydrogens is 236 g/mol. The average Bonchev–Trinajstić information content (AvgIpc) is 2.84. The topological polar surface area (TPSA) is 33.3 Å². The lowest BCUT2D eigenvalue weighted by Crippen LogP contribution is -2.33. The molecule has 0 aromatic heterocycles. The number of nitrogens with one attached hydrogen (secondary N) is 2. The van der Waals surface area contributed by atoms with Crippen LogP contribution in [-0.2, 0) is 6.54 Å². The Hall–Kier alpha value is -0.770. The minimum atomic E-state index is 0.629. The second-order valence-corrected chi connectivity index (χ2v) is 4.80. The number of methoxy groups -OCH3 is 1. The number of hydrogen-bond donors (Lipinski definition) is 2. The van der Waals surface area contributed by atoms with Gasteiger partial charge >= 0.3 is 0 Å². The zero-order valence-electron chi connectivity index (χ0n) is 10.1. The van der Waals surface area contributed by atoms with Gasteiger partial charge in [0.25, 0.3) is 0 Å². The Bertz CT molecular complexity index is 364. The average molecular weight is 255 g/mol. The first kappa shape index (κ1) is 12.7. The third-order valence-electron chi connectivity index (χ3n) is 3.10. The van der Waals surface area contributed by atoms with Crippen LogP contribution in [0.5, 0.6) is 5.75 Å². The molecule has 0 unspecified atom stereocenters. The highest BCUT2D eigenvalue weighted by atomic mass is 35.5. The van der Waals surface area contributed by atoms with Crippen LogP contribution in [0.15, 0.2) is 18.2 Å². The third kappa shape index (κ3) is 3.60. The van der Waals surface area contributed by atoms with Gasteiger partial charge in [0.15, 0.2) is 0 Å². The zero-order valence-corrected chi connectivity index (χ0v) is 10.9. The Kier molecular flexibility index (Phi) is 4.66. The Morgan fingerprint density at radius 3 is 3.12 bits per heavy atom. The predicted octanol–water partition coefficient (Wildman–Crippen LogP) is 2.19. The Morgan fingerprint density at radius 2 is 2.41 bits per heavy atom. The summed E-state index contributed by atoms with van der Waals surface area (Å²) in [4.78, 5) is 0. The van der Waals surface area contributed by atoms with E-state index in [0.29, 0.717) is 11.1 Å². The summed E-state index contributed by atoms with van der Waals surface area (Å²) in [5, 5.41) is 7.58. The number of hydrogen-bond acceptors (Lipinski definition) is 3. The molecule has 2 N–H and O–H groups in total. The van der Waals surface area contributed by atoms with Crippen LogP contribution in [0.2, 0.25) is 5.02 Å². The zero-order chi connectivity index (χ0) is 12.1. The molecule has 1 aliphatic heterocycles. The minimum Gasteiger partial charge on any atom is -0.495 e. The summed E-state index contributed by atoms with van der Waals surface area (Å²) in [5.41, 5.74) is 1.20. The van der Waals surface area contributed by atoms with Gasteiger partial charge in [-0.3, -0.25) is 0 Å². The van der Waals surface area contributed by atoms with Crippen molar-refractivity contribution in [3.05, 3.63) is 28.8 Å². The van der Waals surface area contributed by atoms with Crippen molar-refractivity contribution in [2.75, 3.05) is 20.2 Å². The second kappa shape index (κ2) is 6.24. The summed E-state index contributed by atoms with van der Waals surface area (Å²) in [5.74, 6) is 0.741. The number of halogens is 1. The second-order valence-electron chi connectivity index (χ2n) is 4.39. The standard InChI is InChI=1S/C13H19ClN2O/c1-17-13-7-10(4-5-12(13)14)8-15-9-11-3-2-6-16-11/h4-5,7,11,15-16H,2-3,6,8-9H2,1H3/t11-/m0/s1. The largest absolute Gasteiger partial charge is 0.495 e. The molecule has 4 heteroatoms. The van der Waals surface area contributed by atoms with E-state index < -0.39 is 0 Å². The van der Waals surface area contributed by atoms with Gasteiger partial charge in [-0.05, 0) is 37.1 Å². The molecule has 1 aromatic carbocycles. The summed E-state index contributed by atoms with van der Waals surface area (Å²) in [6, 6.07) is 6.52. The fraction of sp³-hybridized carbons (Fsp3) is 0.538. The Balaban J connectivity index is 1.81. The molecule has 0 amide bonds. The first-order valence-electron chi connectivity index (χ1n) is 6.06. The highest BCUT2D eigenvalue weighted by Crippen LogP contribution is 2.24. The van der Waals surface area contributed by atoms with Gasteiger partial charge in [0.2, 0.25) is 0 Å². The maximum Gasteiger partial charge on any atom is 0.137 e. The van der Waals surface area contributed by atoms with E-state index in [2.05, 4.69) is 10.6 Å². The molecule has 17 heavy (non-hydrogen) atoms. The molecule has 1 saturated heterocycles. The smallest absolute Gasteiger partial charge is 0.137 e. The maximum absolute atomic E-state index is 5.98. The highest BCUT2D eigenvalue weighted by Gasteiger charge is 2.12. The first-order chi connectivity index (χ1) is 8.29. The van der Waals surface area contributed by atoms with E-state index in [1.54, 1.807) is 7.11 Å². The molecular formula is C13H19ClN2O. The molecule has 1 fully saturated rings. The fourth-order valence-corrected chi connectivity index (χ4v) is 2.33. The minimum absolute atomic E-state index is 0.629. The predicted molar refractivity (Wildman–Crippen MR) is 70.7 cm³/mol. The summed E-state index contributed by atoms with van der Waals surface area (Å²) in [6.45, 7) is 3.03. The molecule has 3 nitrogen and oxygen atoms in total. The molecule has 1 heterocycles. The molecule has 94 valence electrons. The number of ether oxygens (including phenoxy) is 1. The van der Waals surface area contributed by atoms with E-state index in [1.165, 1.54) is 18.4 Å². The molecule has 1 aliphatic rings. The van der Waals surface area contributed by atoms with Crippen LogP contribution in [0, 0.1) is 0 Å². The summed E-state index contributed by atoms with van der Waals surface area (Å²) < 4.78 is 5.19. The lowest BCUT2D eigenvalue weighted by Gasteiger charge is -2.12. The maximum atomic E-state index is 5.98. The molecule has 0 radical (unpaired) electrons. The number of benzene rings is 1. The Labute approximate surface area is 107 Å². The van der Waals surface area contributed by atoms with Crippen LogP contribution in [0.4, 0.5) is 0 Å². The molecule has 0 bridgehead atoms. The van der Waals surface area contributed by atoms with Crippen LogP contribution in [-0.4, -0.2) is 26.2 Å². The van der Waals surface area contributed by atoms with Gasteiger partial charge in [-0.1, -0.05) is 17.7 Å². The lowest BCUT2D eigenvalue weighted by molar-refractivity contribution is 0.414. The molecule has 0 spiro atoms. The van der Waals surface area contributed by atoms with Crippen molar-refractivity contribution in [2.45, 2.75) is 25.4 Å². The normalized spacial score (nSPS) is 19.5. The van der Waals surface area contributed by atoms with E-state index in [1.807, 2.05) is 18.2 Å². The van der Waals surface area contributed by atoms with Gasteiger partial charge in [0, 0.05) is 19.1 Å². The first-order valence-corrected chi connectivity index (χ1v) is 6.44. The molecule has 2 rings (SSSR count). The SMILES string of the molecule is COc1cc(CNC[C@@H]2CCCN2)ccc1Cl. The van der Waals surface area contributed by atoms with Crippen molar-refractivity contribution in [1.82, 2.24) is 10.6 Å². The summed E-state index contributed by atoms with van der Waals surface area (Å²) in [6.07, 6.45) is 2.57. The fourth-order valence-electron chi connectivity index (χ4n) is 2.14. The third-order valence-corrected chi connectivity index (χ3v) is 3.41. The van der Waals surface area contributed by atoms with Crippen molar-refractivity contribution in [3.8, 4) is 5.75 Å². The van der Waals surface area contributed by atoms with Crippen LogP contribution >= 0.6 is 11.6 Å². The van der Waals surface area contributed by atoms with Crippen LogP contribution < -0.4 is 15.4 Å². The monoisotopic (exact) mass is 254 g/mol. The van der Waals surface area contributed by atoms with Gasteiger partial charge in [0.1, 0.15) is 5.75 Å². The van der Waals surface area contributed by atoms with E-state index in [4.69, 9.17) is 16.3 Å². The van der Waals surface area contributed by atoms with Crippen molar-refractivity contribution in [1.29, 1.82) is 0 Å². The summed E-state index contributed by atoms with van der Waals surface area (Å²) in [7, 11) is 1.64. The van der Waals surface area contributed by atoms with Gasteiger partial charge in [-0.15, -0.1) is 0 Å². The Morgan fingerprint density at radius 1 is 1.53 bits per heavy atom. The summed E-state index contributed by atoms with van der Waals surface area (Å²) >= 11 is 5.98. The van der Waals surface area contributed by atoms with Crippen LogP contribution in [0.25, 0.3) is 0 Å². The van der Waals surface area contributed by atoms with E-state index in [0.717, 1.165) is 25.4 Å². The van der Waals surface area contributed by atoms with Crippen molar-refractivity contribution < 1.29 is 4.74 Å². The van der Waals surface area contributed by atoms with Crippen molar-refractivity contribution >= 4 is 11.6 Å². The van der Waals surface area contributed by atoms with Gasteiger partial charge in [-0.2, -0.15) is 0 Å². The van der Waals surface area contributed by atoms with E-state index in [9.17, 15) is 0 Å². The molecule has 1 aromatic rings. The van der Waals surface area contributed by atoms with Crippen molar-refractivity contribution in [2.24, 2.45) is 0 Å². The molecule has 0 aliphatic carbocycles. The van der Waals surface area contributed by atoms with Crippen LogP contribution in [0.3, 0.4) is 0 Å². The number of rotatable bonds is 5. The van der Waals surface area contributed by atoms with Gasteiger partial charge < -0.3 is 15.4 Å². The molecule has 0 saturated carbocycles. The quantitative estimate of drug-likeness (QED) is 0.845. The van der Waals surface area contributed by atoms with Crippen LogP contribution in [0.1, 0.15) is 18.4 Å².